The van der Waals surface area contributed by atoms with Crippen LogP contribution in [-0.4, -0.2) is 43.6 Å². The molecule has 1 fully saturated rings. The van der Waals surface area contributed by atoms with Gasteiger partial charge in [-0.3, -0.25) is 9.89 Å². The molecule has 1 amide bonds. The fraction of sp³-hybridized carbons (Fsp3) is 0.316. The molecule has 0 radical (unpaired) electrons. The van der Waals surface area contributed by atoms with Gasteiger partial charge in [0.1, 0.15) is 12.4 Å². The van der Waals surface area contributed by atoms with E-state index in [0.717, 1.165) is 47.0 Å². The summed E-state index contributed by atoms with van der Waals surface area (Å²) < 4.78 is 0. The van der Waals surface area contributed by atoms with E-state index in [9.17, 15) is 4.79 Å². The molecule has 0 spiro atoms. The van der Waals surface area contributed by atoms with E-state index in [2.05, 4.69) is 43.4 Å². The van der Waals surface area contributed by atoms with E-state index >= 15 is 0 Å². The Balaban J connectivity index is 1.55. The van der Waals surface area contributed by atoms with Crippen molar-refractivity contribution in [2.75, 3.05) is 16.8 Å². The molecule has 4 heterocycles. The van der Waals surface area contributed by atoms with E-state index in [0.29, 0.717) is 11.7 Å². The van der Waals surface area contributed by atoms with Gasteiger partial charge in [-0.15, -0.1) is 0 Å². The van der Waals surface area contributed by atoms with Crippen LogP contribution in [0.2, 0.25) is 0 Å². The van der Waals surface area contributed by atoms with E-state index in [-0.39, 0.29) is 11.9 Å². The van der Waals surface area contributed by atoms with Crippen LogP contribution in [0.25, 0.3) is 22.6 Å². The number of carbonyl (C=O) groups excluding carboxylic acids is 1. The lowest BCUT2D eigenvalue weighted by atomic mass is 10.0. The number of hydrogen-bond donors (Lipinski definition) is 2. The van der Waals surface area contributed by atoms with Gasteiger partial charge in [-0.1, -0.05) is 19.1 Å². The molecular formula is C19H19N7O. The first kappa shape index (κ1) is 15.9. The van der Waals surface area contributed by atoms with Crippen LogP contribution in [0, 0.1) is 12.8 Å². The Labute approximate surface area is 156 Å². The highest BCUT2D eigenvalue weighted by atomic mass is 16.2. The SMILES string of the molecule is Cc1cc(-c2ncn[nH]2)ccc1-c1cnc2c(n1)N1C[C@@H](C)C[C@@H]1C(=O)N2. The second kappa shape index (κ2) is 5.87. The summed E-state index contributed by atoms with van der Waals surface area (Å²) in [5.74, 6) is 2.52. The number of amides is 1. The standard InChI is InChI=1S/C19H19N7O/c1-10-5-15-19(27)24-17-18(26(15)8-10)23-14(7-20-17)13-4-3-12(6-11(13)2)16-21-9-22-25-16/h3-4,6-7,9-10,15H,5,8H2,1-2H3,(H,20,24,27)(H,21,22,25)/t10-,15+/m0/s1. The molecule has 5 rings (SSSR count). The van der Waals surface area contributed by atoms with Gasteiger partial charge in [-0.05, 0) is 30.9 Å². The van der Waals surface area contributed by atoms with Gasteiger partial charge in [0.05, 0.1) is 11.9 Å². The Morgan fingerprint density at radius 1 is 1.26 bits per heavy atom. The number of fused-ring (bicyclic) bond motifs is 3. The maximum Gasteiger partial charge on any atom is 0.248 e. The molecule has 2 N–H and O–H groups in total. The number of nitrogens with one attached hydrogen (secondary N) is 2. The predicted molar refractivity (Wildman–Crippen MR) is 101 cm³/mol. The van der Waals surface area contributed by atoms with Crippen LogP contribution in [0.3, 0.4) is 0 Å². The number of carbonyl (C=O) groups is 1. The summed E-state index contributed by atoms with van der Waals surface area (Å²) >= 11 is 0. The molecule has 0 saturated carbocycles. The van der Waals surface area contributed by atoms with Crippen molar-refractivity contribution in [1.29, 1.82) is 0 Å². The molecule has 0 bridgehead atoms. The topological polar surface area (TPSA) is 99.7 Å². The number of aromatic nitrogens is 5. The van der Waals surface area contributed by atoms with E-state index in [4.69, 9.17) is 4.98 Å². The van der Waals surface area contributed by atoms with Crippen LogP contribution >= 0.6 is 0 Å². The molecule has 1 saturated heterocycles. The Morgan fingerprint density at radius 2 is 2.15 bits per heavy atom. The lowest BCUT2D eigenvalue weighted by Crippen LogP contribution is -2.44. The molecular weight excluding hydrogens is 342 g/mol. The van der Waals surface area contributed by atoms with E-state index in [1.165, 1.54) is 6.33 Å². The Morgan fingerprint density at radius 3 is 2.93 bits per heavy atom. The minimum absolute atomic E-state index is 0.0153. The van der Waals surface area contributed by atoms with Crippen LogP contribution < -0.4 is 10.2 Å². The summed E-state index contributed by atoms with van der Waals surface area (Å²) in [7, 11) is 0. The molecule has 2 aliphatic rings. The Bertz CT molecular complexity index is 1030. The van der Waals surface area contributed by atoms with Crippen molar-refractivity contribution in [3.05, 3.63) is 36.3 Å². The van der Waals surface area contributed by atoms with Crippen LogP contribution in [0.1, 0.15) is 18.9 Å². The van der Waals surface area contributed by atoms with E-state index < -0.39 is 0 Å². The zero-order valence-electron chi connectivity index (χ0n) is 15.1. The number of rotatable bonds is 2. The fourth-order valence-corrected chi connectivity index (χ4v) is 3.97. The molecule has 136 valence electrons. The monoisotopic (exact) mass is 361 g/mol. The molecule has 0 unspecified atom stereocenters. The largest absolute Gasteiger partial charge is 0.341 e. The first-order valence-corrected chi connectivity index (χ1v) is 9.01. The Kier molecular flexibility index (Phi) is 3.46. The molecule has 1 aromatic carbocycles. The summed E-state index contributed by atoms with van der Waals surface area (Å²) in [5.41, 5.74) is 3.85. The third-order valence-electron chi connectivity index (χ3n) is 5.27. The summed E-state index contributed by atoms with van der Waals surface area (Å²) in [6.07, 6.45) is 4.06. The molecule has 2 atom stereocenters. The predicted octanol–water partition coefficient (Wildman–Crippen LogP) is 2.40. The third kappa shape index (κ3) is 2.56. The van der Waals surface area contributed by atoms with Gasteiger partial charge in [-0.2, -0.15) is 5.10 Å². The van der Waals surface area contributed by atoms with Crippen LogP contribution in [0.5, 0.6) is 0 Å². The highest BCUT2D eigenvalue weighted by molar-refractivity contribution is 6.02. The summed E-state index contributed by atoms with van der Waals surface area (Å²) in [6.45, 7) is 5.03. The minimum Gasteiger partial charge on any atom is -0.341 e. The first-order valence-electron chi connectivity index (χ1n) is 9.01. The fourth-order valence-electron chi connectivity index (χ4n) is 3.97. The van der Waals surface area contributed by atoms with Gasteiger partial charge in [0.15, 0.2) is 17.5 Å². The van der Waals surface area contributed by atoms with Crippen LogP contribution in [0.15, 0.2) is 30.7 Å². The smallest absolute Gasteiger partial charge is 0.248 e. The average Bonchev–Trinajstić information content (AvgIpc) is 3.31. The van der Waals surface area contributed by atoms with Crippen molar-refractivity contribution in [3.8, 4) is 22.6 Å². The molecule has 2 aliphatic heterocycles. The zero-order valence-corrected chi connectivity index (χ0v) is 15.1. The molecule has 0 aliphatic carbocycles. The number of nitrogens with zero attached hydrogens (tertiary/aromatic N) is 5. The molecule has 27 heavy (non-hydrogen) atoms. The van der Waals surface area contributed by atoms with Crippen molar-refractivity contribution in [2.24, 2.45) is 5.92 Å². The molecule has 2 aromatic heterocycles. The van der Waals surface area contributed by atoms with Crippen molar-refractivity contribution < 1.29 is 4.79 Å². The Hall–Kier alpha value is -3.29. The van der Waals surface area contributed by atoms with Gasteiger partial charge >= 0.3 is 0 Å². The average molecular weight is 361 g/mol. The van der Waals surface area contributed by atoms with Gasteiger partial charge in [0.2, 0.25) is 5.91 Å². The second-order valence-electron chi connectivity index (χ2n) is 7.29. The summed E-state index contributed by atoms with van der Waals surface area (Å²) in [6, 6.07) is 5.92. The minimum atomic E-state index is -0.146. The van der Waals surface area contributed by atoms with Crippen LogP contribution in [0.4, 0.5) is 11.6 Å². The quantitative estimate of drug-likeness (QED) is 0.727. The molecule has 8 heteroatoms. The molecule has 3 aromatic rings. The van der Waals surface area contributed by atoms with E-state index in [1.54, 1.807) is 6.20 Å². The lowest BCUT2D eigenvalue weighted by molar-refractivity contribution is -0.117. The highest BCUT2D eigenvalue weighted by Crippen LogP contribution is 2.37. The maximum absolute atomic E-state index is 12.3. The van der Waals surface area contributed by atoms with Gasteiger partial charge in [-0.25, -0.2) is 15.0 Å². The van der Waals surface area contributed by atoms with Crippen molar-refractivity contribution >= 4 is 17.5 Å². The second-order valence-corrected chi connectivity index (χ2v) is 7.29. The number of aromatic amines is 1. The number of H-pyrrole nitrogens is 1. The van der Waals surface area contributed by atoms with Crippen molar-refractivity contribution in [2.45, 2.75) is 26.3 Å². The highest BCUT2D eigenvalue weighted by Gasteiger charge is 2.41. The summed E-state index contributed by atoms with van der Waals surface area (Å²) in [4.78, 5) is 27.9. The van der Waals surface area contributed by atoms with Gasteiger partial charge < -0.3 is 10.2 Å². The van der Waals surface area contributed by atoms with Crippen molar-refractivity contribution in [1.82, 2.24) is 25.1 Å². The number of anilines is 2. The zero-order chi connectivity index (χ0) is 18.5. The first-order chi connectivity index (χ1) is 13.1. The number of benzene rings is 1. The normalized spacial score (nSPS) is 21.0. The number of hydrogen-bond acceptors (Lipinski definition) is 6. The molecule has 8 nitrogen and oxygen atoms in total. The van der Waals surface area contributed by atoms with Gasteiger partial charge in [0, 0.05) is 17.7 Å². The van der Waals surface area contributed by atoms with Gasteiger partial charge in [0.25, 0.3) is 0 Å². The summed E-state index contributed by atoms with van der Waals surface area (Å²) in [5, 5.41) is 9.68. The van der Waals surface area contributed by atoms with Crippen molar-refractivity contribution in [3.63, 3.8) is 0 Å². The third-order valence-corrected chi connectivity index (χ3v) is 5.27. The lowest BCUT2D eigenvalue weighted by Gasteiger charge is -2.31. The van der Waals surface area contributed by atoms with E-state index in [1.807, 2.05) is 19.1 Å². The number of aryl methyl sites for hydroxylation is 1. The van der Waals surface area contributed by atoms with Crippen LogP contribution in [-0.2, 0) is 4.79 Å². The maximum atomic E-state index is 12.3.